The van der Waals surface area contributed by atoms with Crippen LogP contribution in [0.5, 0.6) is 0 Å². The molecule has 2 aromatic carbocycles. The predicted molar refractivity (Wildman–Crippen MR) is 154 cm³/mol. The Morgan fingerprint density at radius 3 is 2.10 bits per heavy atom. The molecule has 0 spiro atoms. The Morgan fingerprint density at radius 2 is 1.55 bits per heavy atom. The van der Waals surface area contributed by atoms with Crippen molar-refractivity contribution in [3.8, 4) is 0 Å². The number of amides is 4. The molecular weight excluding hydrogens is 512 g/mol. The Balaban J connectivity index is 2.61. The van der Waals surface area contributed by atoms with Crippen molar-refractivity contribution in [2.75, 3.05) is 18.5 Å². The minimum atomic E-state index is -1.24. The molecule has 0 fully saturated rings. The number of aliphatic hydroxyl groups is 1. The van der Waals surface area contributed by atoms with Gasteiger partial charge in [0.25, 0.3) is 5.91 Å². The number of anilines is 1. The summed E-state index contributed by atoms with van der Waals surface area (Å²) in [6.07, 6.45) is -1.17. The highest BCUT2D eigenvalue weighted by Crippen LogP contribution is 2.30. The van der Waals surface area contributed by atoms with Crippen molar-refractivity contribution in [2.45, 2.75) is 79.0 Å². The standard InChI is InChI=1S/C30H42N4O6/c1-18-10-9-13-22(21(18)4)26(27(37)33-25-19(2)11-8-12-20(25)3)34(16-17-35)28(38)23(14-15-24(31)36)32-29(39)40-30(5,6)7/h8-13,23,26,35H,14-17H2,1-7H3,(H2,31,36)(H,32,39)(H,33,37). The van der Waals surface area contributed by atoms with E-state index in [0.717, 1.165) is 22.3 Å². The molecule has 0 radical (unpaired) electrons. The highest BCUT2D eigenvalue weighted by Gasteiger charge is 2.37. The molecule has 0 aromatic heterocycles. The average molecular weight is 555 g/mol. The maximum atomic E-state index is 14.1. The number of aryl methyl sites for hydroxylation is 3. The third kappa shape index (κ3) is 8.81. The summed E-state index contributed by atoms with van der Waals surface area (Å²) >= 11 is 0. The van der Waals surface area contributed by atoms with Crippen molar-refractivity contribution in [3.05, 3.63) is 64.2 Å². The van der Waals surface area contributed by atoms with Crippen LogP contribution in [-0.4, -0.2) is 58.6 Å². The molecule has 2 atom stereocenters. The minimum absolute atomic E-state index is 0.118. The number of aliphatic hydroxyl groups excluding tert-OH is 1. The largest absolute Gasteiger partial charge is 0.444 e. The van der Waals surface area contributed by atoms with E-state index in [-0.39, 0.29) is 19.4 Å². The molecule has 2 aromatic rings. The summed E-state index contributed by atoms with van der Waals surface area (Å²) in [5.74, 6) is -1.81. The normalized spacial score (nSPS) is 12.7. The number of carbonyl (C=O) groups excluding carboxylic acids is 4. The van der Waals surface area contributed by atoms with Crippen LogP contribution in [0.2, 0.25) is 0 Å². The molecular formula is C30H42N4O6. The number of primary amides is 1. The lowest BCUT2D eigenvalue weighted by atomic mass is 9.94. The highest BCUT2D eigenvalue weighted by atomic mass is 16.6. The van der Waals surface area contributed by atoms with Crippen LogP contribution in [0.4, 0.5) is 10.5 Å². The van der Waals surface area contributed by atoms with Crippen LogP contribution in [0.3, 0.4) is 0 Å². The Bertz CT molecular complexity index is 1220. The Kier molecular flexibility index (Phi) is 11.2. The fourth-order valence-corrected chi connectivity index (χ4v) is 4.39. The third-order valence-electron chi connectivity index (χ3n) is 6.52. The predicted octanol–water partition coefficient (Wildman–Crippen LogP) is 3.58. The van der Waals surface area contributed by atoms with E-state index >= 15 is 0 Å². The number of ether oxygens (including phenoxy) is 1. The van der Waals surface area contributed by atoms with Crippen molar-refractivity contribution in [3.63, 3.8) is 0 Å². The Morgan fingerprint density at radius 1 is 0.975 bits per heavy atom. The van der Waals surface area contributed by atoms with Gasteiger partial charge < -0.3 is 31.1 Å². The Hall–Kier alpha value is -3.92. The first-order valence-corrected chi connectivity index (χ1v) is 13.3. The van der Waals surface area contributed by atoms with E-state index < -0.39 is 48.1 Å². The van der Waals surface area contributed by atoms with Crippen LogP contribution in [-0.2, 0) is 19.1 Å². The fourth-order valence-electron chi connectivity index (χ4n) is 4.39. The quantitative estimate of drug-likeness (QED) is 0.333. The molecule has 10 heteroatoms. The lowest BCUT2D eigenvalue weighted by Crippen LogP contribution is -2.53. The van der Waals surface area contributed by atoms with E-state index in [9.17, 15) is 24.3 Å². The fraction of sp³-hybridized carbons (Fsp3) is 0.467. The molecule has 40 heavy (non-hydrogen) atoms. The van der Waals surface area contributed by atoms with Crippen molar-refractivity contribution in [2.24, 2.45) is 5.73 Å². The minimum Gasteiger partial charge on any atom is -0.444 e. The number of alkyl carbamates (subject to hydrolysis) is 1. The molecule has 10 nitrogen and oxygen atoms in total. The van der Waals surface area contributed by atoms with Crippen LogP contribution in [0.15, 0.2) is 36.4 Å². The van der Waals surface area contributed by atoms with Crippen molar-refractivity contribution >= 4 is 29.5 Å². The van der Waals surface area contributed by atoms with E-state index in [2.05, 4.69) is 10.6 Å². The molecule has 0 saturated carbocycles. The highest BCUT2D eigenvalue weighted by molar-refractivity contribution is 6.00. The maximum Gasteiger partial charge on any atom is 0.408 e. The summed E-state index contributed by atoms with van der Waals surface area (Å²) in [6.45, 7) is 11.9. The lowest BCUT2D eigenvalue weighted by Gasteiger charge is -2.35. The van der Waals surface area contributed by atoms with Crippen LogP contribution in [0.1, 0.15) is 67.5 Å². The summed E-state index contributed by atoms with van der Waals surface area (Å²) in [5, 5.41) is 15.5. The Labute approximate surface area is 236 Å². The van der Waals surface area contributed by atoms with Gasteiger partial charge in [0.05, 0.1) is 6.61 Å². The van der Waals surface area contributed by atoms with Gasteiger partial charge in [-0.15, -0.1) is 0 Å². The molecule has 4 amide bonds. The van der Waals surface area contributed by atoms with Gasteiger partial charge in [-0.2, -0.15) is 0 Å². The van der Waals surface area contributed by atoms with E-state index in [1.54, 1.807) is 32.9 Å². The van der Waals surface area contributed by atoms with Gasteiger partial charge in [-0.25, -0.2) is 4.79 Å². The van der Waals surface area contributed by atoms with Crippen molar-refractivity contribution in [1.29, 1.82) is 0 Å². The zero-order valence-corrected chi connectivity index (χ0v) is 24.5. The van der Waals surface area contributed by atoms with Gasteiger partial charge in [-0.1, -0.05) is 36.4 Å². The molecule has 0 aliphatic rings. The van der Waals surface area contributed by atoms with Gasteiger partial charge in [0.2, 0.25) is 11.8 Å². The summed E-state index contributed by atoms with van der Waals surface area (Å²) in [5.41, 5.74) is 9.10. The summed E-state index contributed by atoms with van der Waals surface area (Å²) in [6, 6.07) is 8.68. The van der Waals surface area contributed by atoms with E-state index in [1.165, 1.54) is 4.90 Å². The van der Waals surface area contributed by atoms with Gasteiger partial charge in [-0.05, 0) is 82.7 Å². The first-order chi connectivity index (χ1) is 18.7. The smallest absolute Gasteiger partial charge is 0.408 e. The zero-order valence-electron chi connectivity index (χ0n) is 24.5. The van der Waals surface area contributed by atoms with Gasteiger partial charge in [-0.3, -0.25) is 14.4 Å². The average Bonchev–Trinajstić information content (AvgIpc) is 2.84. The number of rotatable bonds is 11. The number of nitrogens with one attached hydrogen (secondary N) is 2. The van der Waals surface area contributed by atoms with Crippen LogP contribution < -0.4 is 16.4 Å². The van der Waals surface area contributed by atoms with E-state index in [1.807, 2.05) is 52.0 Å². The molecule has 0 saturated heterocycles. The van der Waals surface area contributed by atoms with Crippen molar-refractivity contribution < 1.29 is 29.0 Å². The monoisotopic (exact) mass is 554 g/mol. The van der Waals surface area contributed by atoms with Crippen LogP contribution in [0, 0.1) is 27.7 Å². The number of para-hydroxylation sites is 1. The molecule has 218 valence electrons. The molecule has 0 aliphatic carbocycles. The number of nitrogens with two attached hydrogens (primary N) is 1. The molecule has 2 rings (SSSR count). The number of hydrogen-bond donors (Lipinski definition) is 4. The molecule has 5 N–H and O–H groups in total. The second-order valence-electron chi connectivity index (χ2n) is 10.9. The maximum absolute atomic E-state index is 14.1. The van der Waals surface area contributed by atoms with Crippen molar-refractivity contribution in [1.82, 2.24) is 10.2 Å². The topological polar surface area (TPSA) is 151 Å². The number of carbonyl (C=O) groups is 4. The lowest BCUT2D eigenvalue weighted by molar-refractivity contribution is -0.141. The third-order valence-corrected chi connectivity index (χ3v) is 6.52. The second-order valence-corrected chi connectivity index (χ2v) is 10.9. The first kappa shape index (κ1) is 32.3. The molecule has 2 unspecified atom stereocenters. The molecule has 0 bridgehead atoms. The van der Waals surface area contributed by atoms with Gasteiger partial charge in [0, 0.05) is 18.7 Å². The number of nitrogens with zero attached hydrogens (tertiary/aromatic N) is 1. The molecule has 0 aliphatic heterocycles. The van der Waals surface area contributed by atoms with Gasteiger partial charge in [0.1, 0.15) is 17.7 Å². The summed E-state index contributed by atoms with van der Waals surface area (Å²) < 4.78 is 5.33. The van der Waals surface area contributed by atoms with Crippen LogP contribution >= 0.6 is 0 Å². The first-order valence-electron chi connectivity index (χ1n) is 13.3. The second kappa shape index (κ2) is 13.9. The zero-order chi connectivity index (χ0) is 30.2. The van der Waals surface area contributed by atoms with Crippen LogP contribution in [0.25, 0.3) is 0 Å². The summed E-state index contributed by atoms with van der Waals surface area (Å²) in [7, 11) is 0. The summed E-state index contributed by atoms with van der Waals surface area (Å²) in [4.78, 5) is 53.6. The van der Waals surface area contributed by atoms with E-state index in [0.29, 0.717) is 11.3 Å². The van der Waals surface area contributed by atoms with Gasteiger partial charge in [0.15, 0.2) is 0 Å². The van der Waals surface area contributed by atoms with Gasteiger partial charge >= 0.3 is 6.09 Å². The SMILES string of the molecule is Cc1cccc(C(C(=O)Nc2c(C)cccc2C)N(CCO)C(=O)C(CCC(N)=O)NC(=O)OC(C)(C)C)c1C. The number of benzene rings is 2. The number of hydrogen-bond acceptors (Lipinski definition) is 6. The van der Waals surface area contributed by atoms with E-state index in [4.69, 9.17) is 10.5 Å². The molecule has 0 heterocycles.